The third-order valence-electron chi connectivity index (χ3n) is 13.8. The van der Waals surface area contributed by atoms with E-state index in [1.54, 1.807) is 0 Å². The molecular formula is C66H46N4. The molecule has 13 rings (SSSR count). The Bertz CT molecular complexity index is 4080. The van der Waals surface area contributed by atoms with E-state index in [1.165, 1.54) is 66.0 Å². The maximum Gasteiger partial charge on any atom is 0.160 e. The molecule has 0 bridgehead atoms. The Hall–Kier alpha value is -9.12. The second-order valence-electron chi connectivity index (χ2n) is 18.4. The molecule has 0 N–H and O–H groups in total. The summed E-state index contributed by atoms with van der Waals surface area (Å²) < 4.78 is 4.88. The Morgan fingerprint density at radius 2 is 0.757 bits per heavy atom. The number of aryl methyl sites for hydroxylation is 2. The minimum Gasteiger partial charge on any atom is -0.309 e. The van der Waals surface area contributed by atoms with Gasteiger partial charge in [0.05, 0.1) is 39.1 Å². The fourth-order valence-electron chi connectivity index (χ4n) is 10.5. The van der Waals surface area contributed by atoms with Crippen molar-refractivity contribution in [3.63, 3.8) is 0 Å². The van der Waals surface area contributed by atoms with Crippen LogP contribution in [0.1, 0.15) is 11.1 Å². The van der Waals surface area contributed by atoms with E-state index in [2.05, 4.69) is 241 Å². The van der Waals surface area contributed by atoms with Crippen LogP contribution in [-0.4, -0.2) is 19.1 Å². The third-order valence-corrected chi connectivity index (χ3v) is 13.8. The van der Waals surface area contributed by atoms with E-state index in [-0.39, 0.29) is 0 Å². The molecular weight excluding hydrogens is 849 g/mol. The maximum atomic E-state index is 5.31. The van der Waals surface area contributed by atoms with Gasteiger partial charge in [0.25, 0.3) is 0 Å². The zero-order valence-electron chi connectivity index (χ0n) is 38.9. The van der Waals surface area contributed by atoms with Crippen LogP contribution in [0.2, 0.25) is 0 Å². The largest absolute Gasteiger partial charge is 0.309 e. The van der Waals surface area contributed by atoms with Gasteiger partial charge in [-0.2, -0.15) is 0 Å². The smallest absolute Gasteiger partial charge is 0.160 e. The van der Waals surface area contributed by atoms with Crippen molar-refractivity contribution in [3.8, 4) is 78.7 Å². The first kappa shape index (κ1) is 41.1. The predicted molar refractivity (Wildman–Crippen MR) is 293 cm³/mol. The number of rotatable bonds is 8. The number of hydrogen-bond donors (Lipinski definition) is 0. The first-order valence-corrected chi connectivity index (χ1v) is 24.0. The number of nitrogens with zero attached hydrogens (tertiary/aromatic N) is 4. The molecule has 0 saturated carbocycles. The summed E-state index contributed by atoms with van der Waals surface area (Å²) in [6.45, 7) is 4.31. The molecule has 4 heteroatoms. The van der Waals surface area contributed by atoms with Crippen molar-refractivity contribution in [3.05, 3.63) is 254 Å². The van der Waals surface area contributed by atoms with Gasteiger partial charge in [0.1, 0.15) is 0 Å². The average Bonchev–Trinajstić information content (AvgIpc) is 3.93. The molecule has 4 nitrogen and oxygen atoms in total. The highest BCUT2D eigenvalue weighted by atomic mass is 15.0. The number of benzene rings is 10. The van der Waals surface area contributed by atoms with Crippen LogP contribution in [0.5, 0.6) is 0 Å². The monoisotopic (exact) mass is 894 g/mol. The first-order valence-electron chi connectivity index (χ1n) is 24.0. The molecule has 0 radical (unpaired) electrons. The van der Waals surface area contributed by atoms with Crippen LogP contribution >= 0.6 is 0 Å². The average molecular weight is 895 g/mol. The summed E-state index contributed by atoms with van der Waals surface area (Å²) in [5.41, 5.74) is 21.1. The van der Waals surface area contributed by atoms with Gasteiger partial charge in [-0.1, -0.05) is 187 Å². The van der Waals surface area contributed by atoms with Crippen LogP contribution in [0.4, 0.5) is 0 Å². The summed E-state index contributed by atoms with van der Waals surface area (Å²) in [6.07, 6.45) is 0. The molecule has 0 spiro atoms. The van der Waals surface area contributed by atoms with E-state index in [9.17, 15) is 0 Å². The van der Waals surface area contributed by atoms with Crippen molar-refractivity contribution in [2.75, 3.05) is 0 Å². The van der Waals surface area contributed by atoms with Crippen LogP contribution in [-0.2, 0) is 0 Å². The summed E-state index contributed by atoms with van der Waals surface area (Å²) >= 11 is 0. The number of para-hydroxylation sites is 2. The highest BCUT2D eigenvalue weighted by Gasteiger charge is 2.21. The molecule has 0 aliphatic carbocycles. The fraction of sp³-hybridized carbons (Fsp3) is 0.0303. The van der Waals surface area contributed by atoms with E-state index in [0.717, 1.165) is 61.6 Å². The van der Waals surface area contributed by atoms with Gasteiger partial charge in [-0.05, 0) is 108 Å². The van der Waals surface area contributed by atoms with Gasteiger partial charge < -0.3 is 9.13 Å². The normalized spacial score (nSPS) is 11.6. The molecule has 0 amide bonds. The van der Waals surface area contributed by atoms with Crippen molar-refractivity contribution in [1.29, 1.82) is 0 Å². The van der Waals surface area contributed by atoms with Crippen molar-refractivity contribution >= 4 is 43.6 Å². The topological polar surface area (TPSA) is 35.6 Å². The predicted octanol–water partition coefficient (Wildman–Crippen LogP) is 17.3. The van der Waals surface area contributed by atoms with Gasteiger partial charge in [0.2, 0.25) is 0 Å². The summed E-state index contributed by atoms with van der Waals surface area (Å²) in [7, 11) is 0. The molecule has 0 unspecified atom stereocenters. The van der Waals surface area contributed by atoms with E-state index >= 15 is 0 Å². The second kappa shape index (κ2) is 16.9. The van der Waals surface area contributed by atoms with Crippen molar-refractivity contribution < 1.29 is 0 Å². The Morgan fingerprint density at radius 1 is 0.286 bits per heavy atom. The Morgan fingerprint density at radius 3 is 1.39 bits per heavy atom. The molecule has 0 fully saturated rings. The quantitative estimate of drug-likeness (QED) is 0.152. The summed E-state index contributed by atoms with van der Waals surface area (Å²) in [5, 5.41) is 4.87. The summed E-state index contributed by atoms with van der Waals surface area (Å²) in [5.74, 6) is 0.688. The highest BCUT2D eigenvalue weighted by molar-refractivity contribution is 6.12. The molecule has 3 aromatic heterocycles. The summed E-state index contributed by atoms with van der Waals surface area (Å²) in [4.78, 5) is 10.4. The maximum absolute atomic E-state index is 5.31. The molecule has 0 aliphatic heterocycles. The third kappa shape index (κ3) is 7.17. The van der Waals surface area contributed by atoms with Gasteiger partial charge in [0.15, 0.2) is 5.82 Å². The first-order chi connectivity index (χ1) is 34.5. The standard InChI is InChI=1S/C66H46N4/c1-43-16-13-22-47(36-43)49-30-33-64-57(39-49)54-26-9-11-28-61(54)69(64)53-25-15-24-51(38-53)56-41-52(60-42-59(45-18-5-3-6-19-45)67-66(68-60)46-20-7-4-8-21-46)32-35-63(56)70-62-29-12-10-27-55(62)58-40-50(31-34-65(58)70)48-23-14-17-44(2)37-48/h3-42H,1-2H3. The van der Waals surface area contributed by atoms with E-state index in [0.29, 0.717) is 5.82 Å². The SMILES string of the molecule is Cc1cccc(-c2ccc3c(c2)c2ccccc2n3-c2cccc(-c3cc(-c4cc(-c5ccccc5)nc(-c5ccccc5)n4)ccc3-n3c4ccccc4c4cc(-c5cccc(C)c5)ccc43)c2)c1. The van der Waals surface area contributed by atoms with Gasteiger partial charge >= 0.3 is 0 Å². The molecule has 10 aromatic carbocycles. The number of aromatic nitrogens is 4. The van der Waals surface area contributed by atoms with Crippen LogP contribution in [0, 0.1) is 13.8 Å². The highest BCUT2D eigenvalue weighted by Crippen LogP contribution is 2.42. The fourth-order valence-corrected chi connectivity index (χ4v) is 10.5. The molecule has 0 aliphatic rings. The molecule has 3 heterocycles. The lowest BCUT2D eigenvalue weighted by atomic mass is 9.97. The van der Waals surface area contributed by atoms with Crippen LogP contribution in [0.25, 0.3) is 122 Å². The van der Waals surface area contributed by atoms with Gasteiger partial charge in [-0.3, -0.25) is 0 Å². The van der Waals surface area contributed by atoms with E-state index in [1.807, 2.05) is 24.3 Å². The van der Waals surface area contributed by atoms with Crippen LogP contribution < -0.4 is 0 Å². The van der Waals surface area contributed by atoms with Gasteiger partial charge in [-0.15, -0.1) is 0 Å². The zero-order chi connectivity index (χ0) is 46.7. The lowest BCUT2D eigenvalue weighted by molar-refractivity contribution is 1.16. The zero-order valence-corrected chi connectivity index (χ0v) is 38.9. The molecule has 70 heavy (non-hydrogen) atoms. The number of hydrogen-bond acceptors (Lipinski definition) is 2. The van der Waals surface area contributed by atoms with E-state index in [4.69, 9.17) is 9.97 Å². The second-order valence-corrected chi connectivity index (χ2v) is 18.4. The van der Waals surface area contributed by atoms with E-state index < -0.39 is 0 Å². The van der Waals surface area contributed by atoms with Crippen LogP contribution in [0.15, 0.2) is 243 Å². The minimum absolute atomic E-state index is 0.688. The molecule has 13 aromatic rings. The lowest BCUT2D eigenvalue weighted by Crippen LogP contribution is -2.00. The summed E-state index contributed by atoms with van der Waals surface area (Å²) in [6, 6.07) is 87.7. The van der Waals surface area contributed by atoms with Gasteiger partial charge in [0, 0.05) is 49.5 Å². The minimum atomic E-state index is 0.688. The number of fused-ring (bicyclic) bond motifs is 6. The van der Waals surface area contributed by atoms with Crippen LogP contribution in [0.3, 0.4) is 0 Å². The molecule has 330 valence electrons. The van der Waals surface area contributed by atoms with Crippen molar-refractivity contribution in [2.45, 2.75) is 13.8 Å². The molecule has 0 atom stereocenters. The van der Waals surface area contributed by atoms with Crippen molar-refractivity contribution in [1.82, 2.24) is 19.1 Å². The Balaban J connectivity index is 1.05. The Kier molecular flexibility index (Phi) is 9.91. The lowest BCUT2D eigenvalue weighted by Gasteiger charge is -2.18. The van der Waals surface area contributed by atoms with Crippen molar-refractivity contribution in [2.24, 2.45) is 0 Å². The Labute approximate surface area is 407 Å². The van der Waals surface area contributed by atoms with Gasteiger partial charge in [-0.25, -0.2) is 9.97 Å². The molecule has 0 saturated heterocycles.